The summed E-state index contributed by atoms with van der Waals surface area (Å²) in [6.45, 7) is 0.746. The molecule has 0 atom stereocenters. The summed E-state index contributed by atoms with van der Waals surface area (Å²) in [7, 11) is -3.20. The first-order chi connectivity index (χ1) is 11.3. The van der Waals surface area contributed by atoms with Crippen molar-refractivity contribution in [1.82, 2.24) is 14.6 Å². The van der Waals surface area contributed by atoms with Gasteiger partial charge in [-0.2, -0.15) is 0 Å². The molecule has 2 N–H and O–H groups in total. The fourth-order valence-electron chi connectivity index (χ4n) is 2.91. The van der Waals surface area contributed by atoms with Crippen LogP contribution in [0, 0.1) is 0 Å². The van der Waals surface area contributed by atoms with Gasteiger partial charge >= 0.3 is 0 Å². The molecule has 1 aliphatic rings. The summed E-state index contributed by atoms with van der Waals surface area (Å²) in [5, 5.41) is 3.62. The molecule has 0 unspecified atom stereocenters. The van der Waals surface area contributed by atoms with E-state index in [0.29, 0.717) is 31.4 Å². The van der Waals surface area contributed by atoms with Gasteiger partial charge in [0.2, 0.25) is 10.0 Å². The number of sulfonamides is 1. The number of aromatic nitrogens is 1. The van der Waals surface area contributed by atoms with Crippen molar-refractivity contribution in [2.24, 2.45) is 0 Å². The van der Waals surface area contributed by atoms with Crippen LogP contribution in [0.15, 0.2) is 35.1 Å². The van der Waals surface area contributed by atoms with Crippen molar-refractivity contribution in [2.75, 3.05) is 19.3 Å². The first kappa shape index (κ1) is 16.7. The highest BCUT2D eigenvalue weighted by molar-refractivity contribution is 7.88. The van der Waals surface area contributed by atoms with Crippen LogP contribution in [0.2, 0.25) is 0 Å². The highest BCUT2D eigenvalue weighted by atomic mass is 32.2. The van der Waals surface area contributed by atoms with Gasteiger partial charge in [0.1, 0.15) is 5.56 Å². The molecule has 24 heavy (non-hydrogen) atoms. The number of aromatic amines is 1. The van der Waals surface area contributed by atoms with Crippen molar-refractivity contribution in [2.45, 2.75) is 18.9 Å². The Morgan fingerprint density at radius 1 is 1.25 bits per heavy atom. The molecule has 3 rings (SSSR count). The second-order valence-corrected chi connectivity index (χ2v) is 7.99. The van der Waals surface area contributed by atoms with Crippen molar-refractivity contribution in [1.29, 1.82) is 0 Å². The Kier molecular flexibility index (Phi) is 4.42. The van der Waals surface area contributed by atoms with Gasteiger partial charge in [-0.15, -0.1) is 0 Å². The van der Waals surface area contributed by atoms with Crippen molar-refractivity contribution >= 4 is 26.8 Å². The smallest absolute Gasteiger partial charge is 0.261 e. The van der Waals surface area contributed by atoms with Crippen LogP contribution in [0.4, 0.5) is 0 Å². The molecular formula is C16H19N3O4S. The minimum absolute atomic E-state index is 0.0687. The van der Waals surface area contributed by atoms with Crippen LogP contribution < -0.4 is 10.9 Å². The van der Waals surface area contributed by atoms with Gasteiger partial charge in [-0.05, 0) is 30.4 Å². The molecule has 128 valence electrons. The summed E-state index contributed by atoms with van der Waals surface area (Å²) < 4.78 is 24.4. The maximum atomic E-state index is 12.4. The quantitative estimate of drug-likeness (QED) is 0.851. The van der Waals surface area contributed by atoms with Crippen molar-refractivity contribution < 1.29 is 13.2 Å². The predicted molar refractivity (Wildman–Crippen MR) is 91.5 cm³/mol. The van der Waals surface area contributed by atoms with Crippen molar-refractivity contribution in [3.8, 4) is 0 Å². The molecule has 8 heteroatoms. The second-order valence-electron chi connectivity index (χ2n) is 6.01. The Morgan fingerprint density at radius 3 is 2.58 bits per heavy atom. The molecule has 0 spiro atoms. The number of amides is 1. The number of rotatable bonds is 3. The Bertz CT molecular complexity index is 928. The van der Waals surface area contributed by atoms with E-state index in [9.17, 15) is 18.0 Å². The monoisotopic (exact) mass is 349 g/mol. The standard InChI is InChI=1S/C16H19N3O4S/c1-24(22,23)19-8-6-12(7-9-19)17-15(20)13-10-11-4-2-3-5-14(11)18-16(13)21/h2-5,10,12H,6-9H2,1H3,(H,17,20)(H,18,21). The van der Waals surface area contributed by atoms with Gasteiger partial charge < -0.3 is 10.3 Å². The van der Waals surface area contributed by atoms with Crippen molar-refractivity contribution in [3.05, 3.63) is 46.2 Å². The number of pyridine rings is 1. The van der Waals surface area contributed by atoms with E-state index in [1.807, 2.05) is 18.2 Å². The van der Waals surface area contributed by atoms with Gasteiger partial charge in [0.25, 0.3) is 11.5 Å². The minimum atomic E-state index is -3.20. The number of piperidine rings is 1. The summed E-state index contributed by atoms with van der Waals surface area (Å²) in [4.78, 5) is 27.2. The number of nitrogens with one attached hydrogen (secondary N) is 2. The molecule has 0 bridgehead atoms. The van der Waals surface area contributed by atoms with Gasteiger partial charge in [0.15, 0.2) is 0 Å². The Hall–Kier alpha value is -2.19. The van der Waals surface area contributed by atoms with E-state index in [-0.39, 0.29) is 11.6 Å². The number of nitrogens with zero attached hydrogens (tertiary/aromatic N) is 1. The van der Waals surface area contributed by atoms with Crippen LogP contribution in [-0.4, -0.2) is 49.0 Å². The summed E-state index contributed by atoms with van der Waals surface area (Å²) in [5.41, 5.74) is 0.319. The number of carbonyl (C=O) groups is 1. The van der Waals surface area contributed by atoms with Gasteiger partial charge in [-0.1, -0.05) is 18.2 Å². The molecule has 7 nitrogen and oxygen atoms in total. The predicted octanol–water partition coefficient (Wildman–Crippen LogP) is 0.682. The summed E-state index contributed by atoms with van der Waals surface area (Å²) >= 11 is 0. The molecule has 1 amide bonds. The Balaban J connectivity index is 1.72. The van der Waals surface area contributed by atoms with Crippen LogP contribution in [0.5, 0.6) is 0 Å². The van der Waals surface area contributed by atoms with Crippen LogP contribution in [0.1, 0.15) is 23.2 Å². The Morgan fingerprint density at radius 2 is 1.92 bits per heavy atom. The zero-order valence-corrected chi connectivity index (χ0v) is 14.1. The van der Waals surface area contributed by atoms with E-state index in [1.54, 1.807) is 12.1 Å². The molecular weight excluding hydrogens is 330 g/mol. The number of carbonyl (C=O) groups excluding carboxylic acids is 1. The van der Waals surface area contributed by atoms with Gasteiger partial charge in [0, 0.05) is 24.6 Å². The van der Waals surface area contributed by atoms with Crippen LogP contribution >= 0.6 is 0 Å². The number of fused-ring (bicyclic) bond motifs is 1. The molecule has 0 saturated carbocycles. The third-order valence-electron chi connectivity index (χ3n) is 4.26. The lowest BCUT2D eigenvalue weighted by molar-refractivity contribution is 0.0922. The Labute approximate surface area is 139 Å². The summed E-state index contributed by atoms with van der Waals surface area (Å²) in [6.07, 6.45) is 2.25. The largest absolute Gasteiger partial charge is 0.349 e. The van der Waals surface area contributed by atoms with E-state index in [4.69, 9.17) is 0 Å². The van der Waals surface area contributed by atoms with E-state index >= 15 is 0 Å². The van der Waals surface area contributed by atoms with Crippen LogP contribution in [0.25, 0.3) is 10.9 Å². The number of hydrogen-bond donors (Lipinski definition) is 2. The van der Waals surface area contributed by atoms with E-state index in [0.717, 1.165) is 5.39 Å². The minimum Gasteiger partial charge on any atom is -0.349 e. The zero-order valence-electron chi connectivity index (χ0n) is 13.3. The van der Waals surface area contributed by atoms with Gasteiger partial charge in [-0.25, -0.2) is 12.7 Å². The van der Waals surface area contributed by atoms with Crippen LogP contribution in [-0.2, 0) is 10.0 Å². The second kappa shape index (κ2) is 6.37. The molecule has 2 aromatic rings. The lowest BCUT2D eigenvalue weighted by Crippen LogP contribution is -2.46. The molecule has 1 saturated heterocycles. The average Bonchev–Trinajstić information content (AvgIpc) is 2.53. The number of para-hydroxylation sites is 1. The lowest BCUT2D eigenvalue weighted by Gasteiger charge is -2.30. The van der Waals surface area contributed by atoms with Gasteiger partial charge in [0.05, 0.1) is 6.26 Å². The lowest BCUT2D eigenvalue weighted by atomic mass is 10.1. The fraction of sp³-hybridized carbons (Fsp3) is 0.375. The SMILES string of the molecule is CS(=O)(=O)N1CCC(NC(=O)c2cc3ccccc3[nH]c2=O)CC1. The molecule has 1 fully saturated rings. The summed E-state index contributed by atoms with van der Waals surface area (Å²) in [6, 6.07) is 8.69. The average molecular weight is 349 g/mol. The fourth-order valence-corrected chi connectivity index (χ4v) is 3.79. The van der Waals surface area contributed by atoms with E-state index < -0.39 is 21.5 Å². The molecule has 1 aromatic heterocycles. The molecule has 1 aromatic carbocycles. The normalized spacial score (nSPS) is 17.0. The number of H-pyrrole nitrogens is 1. The number of benzene rings is 1. The zero-order chi connectivity index (χ0) is 17.3. The van der Waals surface area contributed by atoms with Crippen LogP contribution in [0.3, 0.4) is 0 Å². The van der Waals surface area contributed by atoms with E-state index in [1.165, 1.54) is 10.6 Å². The third kappa shape index (κ3) is 3.49. The molecule has 0 radical (unpaired) electrons. The topological polar surface area (TPSA) is 99.3 Å². The highest BCUT2D eigenvalue weighted by Gasteiger charge is 2.26. The number of hydrogen-bond acceptors (Lipinski definition) is 4. The highest BCUT2D eigenvalue weighted by Crippen LogP contribution is 2.14. The first-order valence-electron chi connectivity index (χ1n) is 7.72. The van der Waals surface area contributed by atoms with Crippen molar-refractivity contribution in [3.63, 3.8) is 0 Å². The maximum absolute atomic E-state index is 12.4. The first-order valence-corrected chi connectivity index (χ1v) is 9.57. The summed E-state index contributed by atoms with van der Waals surface area (Å²) in [5.74, 6) is -0.431. The van der Waals surface area contributed by atoms with Gasteiger partial charge in [-0.3, -0.25) is 9.59 Å². The third-order valence-corrected chi connectivity index (χ3v) is 5.56. The molecule has 0 aliphatic carbocycles. The van der Waals surface area contributed by atoms with E-state index in [2.05, 4.69) is 10.3 Å². The molecule has 1 aliphatic heterocycles. The maximum Gasteiger partial charge on any atom is 0.261 e. The molecule has 2 heterocycles.